The van der Waals surface area contributed by atoms with Crippen LogP contribution in [0.3, 0.4) is 0 Å². The highest BCUT2D eigenvalue weighted by molar-refractivity contribution is 7.89. The van der Waals surface area contributed by atoms with Gasteiger partial charge in [-0.3, -0.25) is 9.36 Å². The molecule has 0 fully saturated rings. The lowest BCUT2D eigenvalue weighted by Crippen LogP contribution is -3.07. The number of rotatable bonds is 6. The van der Waals surface area contributed by atoms with Crippen LogP contribution in [0, 0.1) is 0 Å². The Morgan fingerprint density at radius 1 is 1.09 bits per heavy atom. The molecule has 0 spiro atoms. The lowest BCUT2D eigenvalue weighted by atomic mass is 10.2. The van der Waals surface area contributed by atoms with E-state index in [1.54, 1.807) is 0 Å². The van der Waals surface area contributed by atoms with E-state index < -0.39 is 10.0 Å². The molecule has 0 amide bonds. The fourth-order valence-corrected chi connectivity index (χ4v) is 3.21. The van der Waals surface area contributed by atoms with Crippen molar-refractivity contribution in [1.82, 2.24) is 8.87 Å². The van der Waals surface area contributed by atoms with Gasteiger partial charge in [0.25, 0.3) is 5.56 Å². The molecule has 0 saturated carbocycles. The number of quaternary nitrogens is 1. The minimum atomic E-state index is -3.55. The van der Waals surface area contributed by atoms with Crippen molar-refractivity contribution < 1.29 is 13.3 Å². The number of aromatic nitrogens is 1. The van der Waals surface area contributed by atoms with Crippen LogP contribution >= 0.6 is 0 Å². The second-order valence-electron chi connectivity index (χ2n) is 5.74. The summed E-state index contributed by atoms with van der Waals surface area (Å²) >= 11 is 0. The van der Waals surface area contributed by atoms with E-state index in [9.17, 15) is 13.2 Å². The van der Waals surface area contributed by atoms with Gasteiger partial charge < -0.3 is 4.90 Å². The summed E-state index contributed by atoms with van der Waals surface area (Å²) in [5.41, 5.74) is 0.949. The number of nitrogens with zero attached hydrogens (tertiary/aromatic N) is 2. The van der Waals surface area contributed by atoms with Crippen LogP contribution in [0.25, 0.3) is 0 Å². The third-order valence-electron chi connectivity index (χ3n) is 3.52. The number of benzene rings is 1. The molecule has 0 aliphatic heterocycles. The van der Waals surface area contributed by atoms with Gasteiger partial charge in [0.15, 0.2) is 6.67 Å². The van der Waals surface area contributed by atoms with Crippen LogP contribution in [-0.2, 0) is 23.2 Å². The first-order valence-electron chi connectivity index (χ1n) is 7.29. The molecule has 23 heavy (non-hydrogen) atoms. The predicted octanol–water partition coefficient (Wildman–Crippen LogP) is -0.229. The van der Waals surface area contributed by atoms with E-state index in [1.165, 1.54) is 37.0 Å². The average Bonchev–Trinajstić information content (AvgIpc) is 2.50. The molecular formula is C16H22N3O3S+. The highest BCUT2D eigenvalue weighted by Crippen LogP contribution is 2.10. The van der Waals surface area contributed by atoms with Crippen molar-refractivity contribution >= 4 is 10.0 Å². The third-order valence-corrected chi connectivity index (χ3v) is 5.32. The molecular weight excluding hydrogens is 314 g/mol. The Bertz CT molecular complexity index is 814. The summed E-state index contributed by atoms with van der Waals surface area (Å²) in [6.45, 7) is 1.14. The van der Waals surface area contributed by atoms with Crippen LogP contribution in [0.2, 0.25) is 0 Å². The maximum Gasteiger partial charge on any atom is 0.254 e. The van der Waals surface area contributed by atoms with E-state index in [1.807, 2.05) is 37.4 Å². The van der Waals surface area contributed by atoms with Gasteiger partial charge in [-0.2, -0.15) is 0 Å². The van der Waals surface area contributed by atoms with Crippen LogP contribution in [-0.4, -0.2) is 38.4 Å². The van der Waals surface area contributed by atoms with Crippen LogP contribution in [0.15, 0.2) is 58.4 Å². The maximum atomic E-state index is 12.2. The van der Waals surface area contributed by atoms with Crippen molar-refractivity contribution in [3.05, 3.63) is 64.6 Å². The van der Waals surface area contributed by atoms with Crippen molar-refractivity contribution in [2.75, 3.05) is 21.1 Å². The second-order valence-corrected chi connectivity index (χ2v) is 7.89. The van der Waals surface area contributed by atoms with Gasteiger partial charge in [0.05, 0.1) is 11.9 Å². The quantitative estimate of drug-likeness (QED) is 0.793. The number of hydrogen-bond acceptors (Lipinski definition) is 3. The molecule has 1 N–H and O–H groups in total. The molecule has 1 heterocycles. The fraction of sp³-hybridized carbons (Fsp3) is 0.312. The number of hydrogen-bond donors (Lipinski definition) is 1. The van der Waals surface area contributed by atoms with Crippen LogP contribution in [0.4, 0.5) is 0 Å². The van der Waals surface area contributed by atoms with Gasteiger partial charge >= 0.3 is 0 Å². The Balaban J connectivity index is 2.21. The highest BCUT2D eigenvalue weighted by Gasteiger charge is 2.18. The van der Waals surface area contributed by atoms with E-state index >= 15 is 0 Å². The first-order valence-corrected chi connectivity index (χ1v) is 8.73. The summed E-state index contributed by atoms with van der Waals surface area (Å²) in [6.07, 6.45) is 1.41. The van der Waals surface area contributed by atoms with Crippen molar-refractivity contribution in [2.45, 2.75) is 18.1 Å². The van der Waals surface area contributed by atoms with Crippen molar-refractivity contribution in [3.8, 4) is 0 Å². The number of nitrogens with one attached hydrogen (secondary N) is 1. The lowest BCUT2D eigenvalue weighted by Gasteiger charge is -2.17. The molecule has 2 aromatic rings. The molecule has 6 nitrogen and oxygen atoms in total. The Kier molecular flexibility index (Phi) is 5.35. The zero-order valence-corrected chi connectivity index (χ0v) is 14.4. The van der Waals surface area contributed by atoms with Gasteiger partial charge in [0.1, 0.15) is 6.54 Å². The summed E-state index contributed by atoms with van der Waals surface area (Å²) in [4.78, 5) is 13.2. The Labute approximate surface area is 136 Å². The standard InChI is InChI=1S/C16H21N3O3S/c1-17(2)23(21,22)15-9-10-16(20)19(12-15)13-18(3)11-14-7-5-4-6-8-14/h4-10,12H,11,13H2,1-3H3/p+1. The lowest BCUT2D eigenvalue weighted by molar-refractivity contribution is -0.917. The van der Waals surface area contributed by atoms with E-state index in [4.69, 9.17) is 0 Å². The van der Waals surface area contributed by atoms with E-state index in [0.717, 1.165) is 21.3 Å². The molecule has 0 bridgehead atoms. The molecule has 0 aliphatic rings. The van der Waals surface area contributed by atoms with Gasteiger partial charge in [-0.1, -0.05) is 30.3 Å². The SMILES string of the molecule is CN(C)S(=O)(=O)c1ccc(=O)n(C[NH+](C)Cc2ccccc2)c1. The fourth-order valence-electron chi connectivity index (χ4n) is 2.29. The summed E-state index contributed by atoms with van der Waals surface area (Å²) in [7, 11) is 1.36. The minimum absolute atomic E-state index is 0.120. The molecule has 1 atom stereocenters. The molecule has 7 heteroatoms. The zero-order chi connectivity index (χ0) is 17.0. The van der Waals surface area contributed by atoms with Crippen LogP contribution in [0.5, 0.6) is 0 Å². The molecule has 0 aliphatic carbocycles. The minimum Gasteiger partial charge on any atom is -0.316 e. The highest BCUT2D eigenvalue weighted by atomic mass is 32.2. The summed E-state index contributed by atoms with van der Waals surface area (Å²) in [5.74, 6) is 0. The predicted molar refractivity (Wildman–Crippen MR) is 88.6 cm³/mol. The average molecular weight is 336 g/mol. The van der Waals surface area contributed by atoms with Crippen LogP contribution < -0.4 is 10.5 Å². The Morgan fingerprint density at radius 2 is 1.74 bits per heavy atom. The summed E-state index contributed by atoms with van der Waals surface area (Å²) < 4.78 is 26.9. The first kappa shape index (κ1) is 17.4. The molecule has 2 rings (SSSR count). The molecule has 1 unspecified atom stereocenters. The second kappa shape index (κ2) is 7.08. The monoisotopic (exact) mass is 336 g/mol. The topological polar surface area (TPSA) is 63.8 Å². The molecule has 1 aromatic carbocycles. The van der Waals surface area contributed by atoms with Crippen molar-refractivity contribution in [1.29, 1.82) is 0 Å². The van der Waals surface area contributed by atoms with Gasteiger partial charge in [-0.25, -0.2) is 12.7 Å². The molecule has 0 saturated heterocycles. The molecule has 1 aromatic heterocycles. The van der Waals surface area contributed by atoms with Crippen molar-refractivity contribution in [2.24, 2.45) is 0 Å². The van der Waals surface area contributed by atoms with E-state index in [-0.39, 0.29) is 10.5 Å². The van der Waals surface area contributed by atoms with E-state index in [0.29, 0.717) is 6.67 Å². The smallest absolute Gasteiger partial charge is 0.254 e. The summed E-state index contributed by atoms with van der Waals surface area (Å²) in [6, 6.07) is 12.6. The normalized spacial score (nSPS) is 13.2. The third kappa shape index (κ3) is 4.28. The Hall–Kier alpha value is -1.96. The Morgan fingerprint density at radius 3 is 2.35 bits per heavy atom. The van der Waals surface area contributed by atoms with Gasteiger partial charge in [-0.15, -0.1) is 0 Å². The van der Waals surface area contributed by atoms with Gasteiger partial charge in [0.2, 0.25) is 10.0 Å². The zero-order valence-electron chi connectivity index (χ0n) is 13.6. The number of sulfonamides is 1. The molecule has 124 valence electrons. The molecule has 0 radical (unpaired) electrons. The summed E-state index contributed by atoms with van der Waals surface area (Å²) in [5, 5.41) is 0. The first-order chi connectivity index (χ1) is 10.8. The van der Waals surface area contributed by atoms with Gasteiger partial charge in [0, 0.05) is 31.9 Å². The number of pyridine rings is 1. The maximum absolute atomic E-state index is 12.2. The largest absolute Gasteiger partial charge is 0.316 e. The van der Waals surface area contributed by atoms with Crippen molar-refractivity contribution in [3.63, 3.8) is 0 Å². The van der Waals surface area contributed by atoms with Gasteiger partial charge in [-0.05, 0) is 6.07 Å². The van der Waals surface area contributed by atoms with E-state index in [2.05, 4.69) is 0 Å². The van der Waals surface area contributed by atoms with Crippen LogP contribution in [0.1, 0.15) is 5.56 Å².